The van der Waals surface area contributed by atoms with Crippen LogP contribution >= 0.6 is 0 Å². The van der Waals surface area contributed by atoms with E-state index in [-0.39, 0.29) is 17.8 Å². The molecular formula is C14H20FN3O. The topological polar surface area (TPSA) is 58.4 Å². The quantitative estimate of drug-likeness (QED) is 0.853. The van der Waals surface area contributed by atoms with E-state index in [0.717, 1.165) is 30.6 Å². The molecule has 3 N–H and O–H groups in total. The maximum absolute atomic E-state index is 13.4. The van der Waals surface area contributed by atoms with Crippen molar-refractivity contribution in [1.82, 2.24) is 10.2 Å². The van der Waals surface area contributed by atoms with Crippen molar-refractivity contribution in [1.29, 1.82) is 0 Å². The van der Waals surface area contributed by atoms with Crippen LogP contribution in [0.4, 0.5) is 4.39 Å². The minimum Gasteiger partial charge on any atom is -0.352 e. The summed E-state index contributed by atoms with van der Waals surface area (Å²) in [5.41, 5.74) is 7.29. The van der Waals surface area contributed by atoms with Crippen molar-refractivity contribution in [3.8, 4) is 0 Å². The average Bonchev–Trinajstić information content (AvgIpc) is 2.74. The molecule has 1 fully saturated rings. The lowest BCUT2D eigenvalue weighted by atomic mass is 10.1. The fourth-order valence-corrected chi connectivity index (χ4v) is 2.57. The molecule has 1 unspecified atom stereocenters. The fourth-order valence-electron chi connectivity index (χ4n) is 2.57. The van der Waals surface area contributed by atoms with E-state index in [1.165, 1.54) is 13.0 Å². The van der Waals surface area contributed by atoms with Crippen molar-refractivity contribution in [3.63, 3.8) is 0 Å². The molecule has 1 heterocycles. The molecule has 0 saturated carbocycles. The number of nitrogens with two attached hydrogens (primary N) is 1. The van der Waals surface area contributed by atoms with E-state index in [1.54, 1.807) is 6.07 Å². The SMILES string of the molecule is CC(=O)NC1CCN(Cc2cc(F)cc(CN)c2)C1. The Bertz CT molecular complexity index is 464. The van der Waals surface area contributed by atoms with E-state index in [1.807, 2.05) is 6.07 Å². The number of nitrogens with zero attached hydrogens (tertiary/aromatic N) is 1. The minimum atomic E-state index is -0.240. The summed E-state index contributed by atoms with van der Waals surface area (Å²) in [5, 5.41) is 2.92. The summed E-state index contributed by atoms with van der Waals surface area (Å²) in [6.45, 7) is 4.30. The maximum Gasteiger partial charge on any atom is 0.217 e. The van der Waals surface area contributed by atoms with E-state index < -0.39 is 0 Å². The summed E-state index contributed by atoms with van der Waals surface area (Å²) in [7, 11) is 0. The standard InChI is InChI=1S/C14H20FN3O/c1-10(19)17-14-2-3-18(9-14)8-12-4-11(7-16)5-13(15)6-12/h4-6,14H,2-3,7-9,16H2,1H3,(H,17,19). The molecule has 19 heavy (non-hydrogen) atoms. The Morgan fingerprint density at radius 2 is 2.21 bits per heavy atom. The van der Waals surface area contributed by atoms with Crippen molar-refractivity contribution in [2.24, 2.45) is 5.73 Å². The van der Waals surface area contributed by atoms with Gasteiger partial charge in [0, 0.05) is 39.1 Å². The summed E-state index contributed by atoms with van der Waals surface area (Å²) in [6, 6.07) is 5.16. The number of carbonyl (C=O) groups excluding carboxylic acids is 1. The number of amides is 1. The van der Waals surface area contributed by atoms with Gasteiger partial charge in [-0.2, -0.15) is 0 Å². The first-order valence-corrected chi connectivity index (χ1v) is 6.54. The van der Waals surface area contributed by atoms with E-state index in [0.29, 0.717) is 13.1 Å². The lowest BCUT2D eigenvalue weighted by Gasteiger charge is -2.17. The minimum absolute atomic E-state index is 0.00280. The molecule has 0 spiro atoms. The second-order valence-electron chi connectivity index (χ2n) is 5.09. The van der Waals surface area contributed by atoms with Gasteiger partial charge in [0.25, 0.3) is 0 Å². The van der Waals surface area contributed by atoms with Gasteiger partial charge in [-0.25, -0.2) is 4.39 Å². The van der Waals surface area contributed by atoms with Crippen LogP contribution in [0.25, 0.3) is 0 Å². The Kier molecular flexibility index (Phi) is 4.50. The lowest BCUT2D eigenvalue weighted by Crippen LogP contribution is -2.35. The molecule has 0 bridgehead atoms. The summed E-state index contributed by atoms with van der Waals surface area (Å²) in [5.74, 6) is -0.237. The molecule has 0 aliphatic carbocycles. The predicted molar refractivity (Wildman–Crippen MR) is 71.8 cm³/mol. The first-order chi connectivity index (χ1) is 9.06. The number of halogens is 1. The van der Waals surface area contributed by atoms with Crippen LogP contribution in [0.1, 0.15) is 24.5 Å². The Morgan fingerprint density at radius 1 is 1.47 bits per heavy atom. The van der Waals surface area contributed by atoms with Gasteiger partial charge in [-0.3, -0.25) is 9.69 Å². The van der Waals surface area contributed by atoms with Crippen LogP contribution in [0.15, 0.2) is 18.2 Å². The third-order valence-corrected chi connectivity index (χ3v) is 3.34. The number of carbonyl (C=O) groups is 1. The second kappa shape index (κ2) is 6.12. The van der Waals surface area contributed by atoms with Gasteiger partial charge in [0.2, 0.25) is 5.91 Å². The van der Waals surface area contributed by atoms with Crippen LogP contribution in [0.5, 0.6) is 0 Å². The molecular weight excluding hydrogens is 245 g/mol. The van der Waals surface area contributed by atoms with Gasteiger partial charge in [-0.05, 0) is 29.7 Å². The van der Waals surface area contributed by atoms with Crippen molar-refractivity contribution in [2.75, 3.05) is 13.1 Å². The molecule has 1 aliphatic rings. The van der Waals surface area contributed by atoms with E-state index in [4.69, 9.17) is 5.73 Å². The highest BCUT2D eigenvalue weighted by atomic mass is 19.1. The number of rotatable bonds is 4. The van der Waals surface area contributed by atoms with Gasteiger partial charge in [0.05, 0.1) is 0 Å². The zero-order chi connectivity index (χ0) is 13.8. The van der Waals surface area contributed by atoms with Crippen LogP contribution < -0.4 is 11.1 Å². The van der Waals surface area contributed by atoms with Crippen molar-refractivity contribution in [2.45, 2.75) is 32.5 Å². The summed E-state index contributed by atoms with van der Waals surface area (Å²) in [6.07, 6.45) is 0.943. The molecule has 1 atom stereocenters. The molecule has 1 saturated heterocycles. The number of hydrogen-bond donors (Lipinski definition) is 2. The van der Waals surface area contributed by atoms with Gasteiger partial charge in [-0.15, -0.1) is 0 Å². The highest BCUT2D eigenvalue weighted by Gasteiger charge is 2.22. The second-order valence-corrected chi connectivity index (χ2v) is 5.09. The van der Waals surface area contributed by atoms with Gasteiger partial charge >= 0.3 is 0 Å². The monoisotopic (exact) mass is 265 g/mol. The summed E-state index contributed by atoms with van der Waals surface area (Å²) < 4.78 is 13.4. The highest BCUT2D eigenvalue weighted by molar-refractivity contribution is 5.73. The van der Waals surface area contributed by atoms with Gasteiger partial charge in [0.1, 0.15) is 5.82 Å². The Labute approximate surface area is 112 Å². The molecule has 1 aromatic rings. The molecule has 1 amide bonds. The van der Waals surface area contributed by atoms with Crippen molar-refractivity contribution >= 4 is 5.91 Å². The maximum atomic E-state index is 13.4. The molecule has 4 nitrogen and oxygen atoms in total. The molecule has 5 heteroatoms. The molecule has 0 radical (unpaired) electrons. The van der Waals surface area contributed by atoms with Crippen molar-refractivity contribution in [3.05, 3.63) is 35.1 Å². The molecule has 1 aromatic carbocycles. The third-order valence-electron chi connectivity index (χ3n) is 3.34. The lowest BCUT2D eigenvalue weighted by molar-refractivity contribution is -0.119. The molecule has 2 rings (SSSR count). The Morgan fingerprint density at radius 3 is 2.89 bits per heavy atom. The van der Waals surface area contributed by atoms with Crippen LogP contribution in [0, 0.1) is 5.82 Å². The highest BCUT2D eigenvalue weighted by Crippen LogP contribution is 2.16. The zero-order valence-corrected chi connectivity index (χ0v) is 11.2. The average molecular weight is 265 g/mol. The Balaban J connectivity index is 1.95. The predicted octanol–water partition coefficient (Wildman–Crippen LogP) is 0.995. The van der Waals surface area contributed by atoms with E-state index in [9.17, 15) is 9.18 Å². The van der Waals surface area contributed by atoms with Gasteiger partial charge in [0.15, 0.2) is 0 Å². The fraction of sp³-hybridized carbons (Fsp3) is 0.500. The van der Waals surface area contributed by atoms with Crippen LogP contribution in [0.2, 0.25) is 0 Å². The number of nitrogens with one attached hydrogen (secondary N) is 1. The summed E-state index contributed by atoms with van der Waals surface area (Å²) in [4.78, 5) is 13.2. The van der Waals surface area contributed by atoms with Crippen LogP contribution in [-0.4, -0.2) is 29.9 Å². The smallest absolute Gasteiger partial charge is 0.217 e. The zero-order valence-electron chi connectivity index (χ0n) is 11.2. The number of benzene rings is 1. The first-order valence-electron chi connectivity index (χ1n) is 6.54. The molecule has 104 valence electrons. The van der Waals surface area contributed by atoms with E-state index in [2.05, 4.69) is 10.2 Å². The Hall–Kier alpha value is -1.46. The summed E-state index contributed by atoms with van der Waals surface area (Å²) >= 11 is 0. The van der Waals surface area contributed by atoms with E-state index >= 15 is 0 Å². The normalized spacial score (nSPS) is 19.6. The third kappa shape index (κ3) is 4.01. The molecule has 0 aromatic heterocycles. The van der Waals surface area contributed by atoms with Gasteiger partial charge in [-0.1, -0.05) is 6.07 Å². The molecule has 1 aliphatic heterocycles. The number of likely N-dealkylation sites (tertiary alicyclic amines) is 1. The van der Waals surface area contributed by atoms with Gasteiger partial charge < -0.3 is 11.1 Å². The van der Waals surface area contributed by atoms with Crippen molar-refractivity contribution < 1.29 is 9.18 Å². The first kappa shape index (κ1) is 14.0. The largest absolute Gasteiger partial charge is 0.352 e. The van der Waals surface area contributed by atoms with Crippen LogP contribution in [-0.2, 0) is 17.9 Å². The number of hydrogen-bond acceptors (Lipinski definition) is 3. The van der Waals surface area contributed by atoms with Crippen LogP contribution in [0.3, 0.4) is 0 Å².